The summed E-state index contributed by atoms with van der Waals surface area (Å²) < 4.78 is 0. The number of thioether (sulfide) groups is 1. The smallest absolute Gasteiger partial charge is 0.308 e. The summed E-state index contributed by atoms with van der Waals surface area (Å²) in [5.74, 6) is -0.992. The third-order valence-corrected chi connectivity index (χ3v) is 5.31. The van der Waals surface area contributed by atoms with Crippen molar-refractivity contribution in [3.63, 3.8) is 0 Å². The third kappa shape index (κ3) is 4.77. The second-order valence-electron chi connectivity index (χ2n) is 5.81. The summed E-state index contributed by atoms with van der Waals surface area (Å²) in [6, 6.07) is 7.72. The van der Waals surface area contributed by atoms with E-state index in [2.05, 4.69) is 5.32 Å². The molecular formula is C17H23NO3S. The summed E-state index contributed by atoms with van der Waals surface area (Å²) in [6.45, 7) is 2.02. The standard InChI is InChI=1S/C17H23NO3S/c1-12-7-5-6-10-15(12)22-11-16(19)18-14-9-4-2-3-8-13(14)17(20)21/h5-7,10,13-14H,2-4,8-9,11H2,1H3,(H,18,19)(H,20,21)/t13-,14+/m1/s1. The van der Waals surface area contributed by atoms with E-state index in [1.807, 2.05) is 31.2 Å². The Morgan fingerprint density at radius 2 is 1.95 bits per heavy atom. The number of carboxylic acid groups (broad SMARTS) is 1. The monoisotopic (exact) mass is 321 g/mol. The number of carbonyl (C=O) groups excluding carboxylic acids is 1. The van der Waals surface area contributed by atoms with Crippen LogP contribution in [0.4, 0.5) is 0 Å². The summed E-state index contributed by atoms with van der Waals surface area (Å²) in [7, 11) is 0. The Morgan fingerprint density at radius 1 is 1.23 bits per heavy atom. The number of aliphatic carboxylic acids is 1. The highest BCUT2D eigenvalue weighted by Gasteiger charge is 2.30. The van der Waals surface area contributed by atoms with Gasteiger partial charge in [0.25, 0.3) is 0 Å². The van der Waals surface area contributed by atoms with Gasteiger partial charge in [-0.1, -0.05) is 37.5 Å². The van der Waals surface area contributed by atoms with Gasteiger partial charge >= 0.3 is 5.97 Å². The fourth-order valence-corrected chi connectivity index (χ4v) is 3.73. The molecule has 2 rings (SSSR count). The predicted octanol–water partition coefficient (Wildman–Crippen LogP) is 3.24. The van der Waals surface area contributed by atoms with E-state index in [-0.39, 0.29) is 11.9 Å². The number of benzene rings is 1. The molecule has 0 unspecified atom stereocenters. The maximum absolute atomic E-state index is 12.2. The Labute approximate surface area is 135 Å². The fourth-order valence-electron chi connectivity index (χ4n) is 2.89. The highest BCUT2D eigenvalue weighted by atomic mass is 32.2. The average molecular weight is 321 g/mol. The van der Waals surface area contributed by atoms with Crippen LogP contribution in [0.3, 0.4) is 0 Å². The molecule has 0 aliphatic heterocycles. The summed E-state index contributed by atoms with van der Waals surface area (Å²) in [4.78, 5) is 24.6. The van der Waals surface area contributed by atoms with E-state index in [0.717, 1.165) is 36.1 Å². The van der Waals surface area contributed by atoms with E-state index >= 15 is 0 Å². The van der Waals surface area contributed by atoms with Crippen molar-refractivity contribution in [1.29, 1.82) is 0 Å². The average Bonchev–Trinajstić information content (AvgIpc) is 2.72. The van der Waals surface area contributed by atoms with Crippen LogP contribution in [0.25, 0.3) is 0 Å². The van der Waals surface area contributed by atoms with Crippen LogP contribution < -0.4 is 5.32 Å². The Kier molecular flexibility index (Phi) is 6.31. The molecule has 0 spiro atoms. The van der Waals surface area contributed by atoms with Crippen molar-refractivity contribution in [1.82, 2.24) is 5.32 Å². The van der Waals surface area contributed by atoms with Gasteiger partial charge in [0.1, 0.15) is 0 Å². The maximum Gasteiger partial charge on any atom is 0.308 e. The van der Waals surface area contributed by atoms with E-state index in [9.17, 15) is 14.7 Å². The van der Waals surface area contributed by atoms with Crippen molar-refractivity contribution in [3.05, 3.63) is 29.8 Å². The zero-order valence-electron chi connectivity index (χ0n) is 12.9. The van der Waals surface area contributed by atoms with Gasteiger partial charge in [0.2, 0.25) is 5.91 Å². The fraction of sp³-hybridized carbons (Fsp3) is 0.529. The lowest BCUT2D eigenvalue weighted by atomic mass is 9.95. The summed E-state index contributed by atoms with van der Waals surface area (Å²) in [5, 5.41) is 12.3. The van der Waals surface area contributed by atoms with Crippen LogP contribution in [0.2, 0.25) is 0 Å². The second-order valence-corrected chi connectivity index (χ2v) is 6.83. The number of carboxylic acids is 1. The summed E-state index contributed by atoms with van der Waals surface area (Å²) in [6.07, 6.45) is 4.39. The Morgan fingerprint density at radius 3 is 2.68 bits per heavy atom. The zero-order valence-corrected chi connectivity index (χ0v) is 13.7. The van der Waals surface area contributed by atoms with E-state index in [1.165, 1.54) is 11.8 Å². The number of aryl methyl sites for hydroxylation is 1. The van der Waals surface area contributed by atoms with Crippen molar-refractivity contribution in [2.75, 3.05) is 5.75 Å². The van der Waals surface area contributed by atoms with Crippen molar-refractivity contribution in [3.8, 4) is 0 Å². The van der Waals surface area contributed by atoms with Crippen LogP contribution in [0.1, 0.15) is 37.7 Å². The molecule has 1 fully saturated rings. The van der Waals surface area contributed by atoms with E-state index in [4.69, 9.17) is 0 Å². The molecule has 0 heterocycles. The topological polar surface area (TPSA) is 66.4 Å². The maximum atomic E-state index is 12.2. The first-order valence-electron chi connectivity index (χ1n) is 7.78. The number of amides is 1. The quantitative estimate of drug-likeness (QED) is 0.645. The Balaban J connectivity index is 1.89. The van der Waals surface area contributed by atoms with E-state index in [0.29, 0.717) is 12.2 Å². The van der Waals surface area contributed by atoms with Crippen LogP contribution in [0.5, 0.6) is 0 Å². The molecule has 1 aliphatic rings. The SMILES string of the molecule is Cc1ccccc1SCC(=O)N[C@H]1CCCCC[C@H]1C(=O)O. The number of rotatable bonds is 5. The third-order valence-electron chi connectivity index (χ3n) is 4.13. The predicted molar refractivity (Wildman–Crippen MR) is 88.0 cm³/mol. The van der Waals surface area contributed by atoms with Crippen LogP contribution in [-0.2, 0) is 9.59 Å². The highest BCUT2D eigenvalue weighted by Crippen LogP contribution is 2.25. The number of hydrogen-bond donors (Lipinski definition) is 2. The van der Waals surface area contributed by atoms with Gasteiger partial charge in [0.05, 0.1) is 11.7 Å². The largest absolute Gasteiger partial charge is 0.481 e. The first-order chi connectivity index (χ1) is 10.6. The van der Waals surface area contributed by atoms with Crippen molar-refractivity contribution < 1.29 is 14.7 Å². The van der Waals surface area contributed by atoms with Crippen LogP contribution in [0, 0.1) is 12.8 Å². The van der Waals surface area contributed by atoms with Gasteiger partial charge in [0, 0.05) is 10.9 Å². The lowest BCUT2D eigenvalue weighted by molar-refractivity contribution is -0.143. The molecule has 1 amide bonds. The highest BCUT2D eigenvalue weighted by molar-refractivity contribution is 8.00. The molecule has 0 bridgehead atoms. The van der Waals surface area contributed by atoms with E-state index in [1.54, 1.807) is 0 Å². The lowest BCUT2D eigenvalue weighted by Gasteiger charge is -2.22. The zero-order chi connectivity index (χ0) is 15.9. The van der Waals surface area contributed by atoms with Gasteiger partial charge in [-0.2, -0.15) is 0 Å². The van der Waals surface area contributed by atoms with E-state index < -0.39 is 11.9 Å². The normalized spacial score (nSPS) is 21.9. The molecule has 120 valence electrons. The molecule has 1 aromatic rings. The molecule has 1 aromatic carbocycles. The molecule has 2 atom stereocenters. The number of nitrogens with one attached hydrogen (secondary N) is 1. The minimum absolute atomic E-state index is 0.0774. The second kappa shape index (κ2) is 8.22. The lowest BCUT2D eigenvalue weighted by Crippen LogP contribution is -2.43. The van der Waals surface area contributed by atoms with Crippen LogP contribution in [0.15, 0.2) is 29.2 Å². The number of hydrogen-bond acceptors (Lipinski definition) is 3. The molecule has 4 nitrogen and oxygen atoms in total. The Bertz CT molecular complexity index is 532. The number of carbonyl (C=O) groups is 2. The first-order valence-corrected chi connectivity index (χ1v) is 8.77. The molecule has 1 aliphatic carbocycles. The van der Waals surface area contributed by atoms with Gasteiger partial charge in [-0.15, -0.1) is 11.8 Å². The minimum atomic E-state index is -0.793. The first kappa shape index (κ1) is 16.9. The molecule has 0 saturated heterocycles. The molecule has 22 heavy (non-hydrogen) atoms. The van der Waals surface area contributed by atoms with Crippen molar-refractivity contribution in [2.45, 2.75) is 50.0 Å². The van der Waals surface area contributed by atoms with Gasteiger partial charge in [-0.25, -0.2) is 0 Å². The van der Waals surface area contributed by atoms with Gasteiger partial charge in [-0.3, -0.25) is 9.59 Å². The molecule has 2 N–H and O–H groups in total. The molecule has 0 radical (unpaired) electrons. The van der Waals surface area contributed by atoms with Gasteiger partial charge in [-0.05, 0) is 31.4 Å². The van der Waals surface area contributed by atoms with Crippen molar-refractivity contribution >= 4 is 23.6 Å². The summed E-state index contributed by atoms with van der Waals surface area (Å²) in [5.41, 5.74) is 1.15. The minimum Gasteiger partial charge on any atom is -0.481 e. The van der Waals surface area contributed by atoms with Gasteiger partial charge in [0.15, 0.2) is 0 Å². The molecular weight excluding hydrogens is 298 g/mol. The molecule has 0 aromatic heterocycles. The van der Waals surface area contributed by atoms with Gasteiger partial charge < -0.3 is 10.4 Å². The van der Waals surface area contributed by atoms with Crippen LogP contribution >= 0.6 is 11.8 Å². The van der Waals surface area contributed by atoms with Crippen molar-refractivity contribution in [2.24, 2.45) is 5.92 Å². The molecule has 1 saturated carbocycles. The van der Waals surface area contributed by atoms with Crippen LogP contribution in [-0.4, -0.2) is 28.8 Å². The molecule has 5 heteroatoms. The summed E-state index contributed by atoms with van der Waals surface area (Å²) >= 11 is 1.50. The Hall–Kier alpha value is -1.49.